The summed E-state index contributed by atoms with van der Waals surface area (Å²) >= 11 is 0. The van der Waals surface area contributed by atoms with Crippen LogP contribution < -0.4 is 10.1 Å². The van der Waals surface area contributed by atoms with Crippen LogP contribution >= 0.6 is 0 Å². The van der Waals surface area contributed by atoms with Gasteiger partial charge in [-0.3, -0.25) is 9.59 Å². The van der Waals surface area contributed by atoms with E-state index in [-0.39, 0.29) is 12.2 Å². The first-order valence-electron chi connectivity index (χ1n) is 12.8. The largest absolute Gasteiger partial charge is 0.495 e. The standard InChI is InChI=1S/C29H39NO5/c1-3-4-5-6-7-8-9-10-11-15-20-35-29(33)24-18-19-27(34-2)25(21-24)30-28(32)22-26(31)23-16-13-12-14-17-23/h12-14,16-19,21H,3-11,15,20,22H2,1-2H3,(H,30,32). The number of ether oxygens (including phenoxy) is 2. The number of carbonyl (C=O) groups is 3. The predicted molar refractivity (Wildman–Crippen MR) is 139 cm³/mol. The second-order valence-electron chi connectivity index (χ2n) is 8.75. The third-order valence-electron chi connectivity index (χ3n) is 5.86. The number of anilines is 1. The van der Waals surface area contributed by atoms with E-state index < -0.39 is 11.9 Å². The summed E-state index contributed by atoms with van der Waals surface area (Å²) in [6, 6.07) is 13.4. The highest BCUT2D eigenvalue weighted by Gasteiger charge is 2.16. The Morgan fingerprint density at radius 2 is 1.40 bits per heavy atom. The number of rotatable bonds is 17. The van der Waals surface area contributed by atoms with Gasteiger partial charge in [0.2, 0.25) is 5.91 Å². The van der Waals surface area contributed by atoms with Crippen molar-refractivity contribution in [3.05, 3.63) is 59.7 Å². The number of benzene rings is 2. The van der Waals surface area contributed by atoms with Crippen LogP contribution in [0.4, 0.5) is 5.69 Å². The number of unbranched alkanes of at least 4 members (excludes halogenated alkanes) is 9. The Hall–Kier alpha value is -3.15. The van der Waals surface area contributed by atoms with Gasteiger partial charge in [0.15, 0.2) is 5.78 Å². The molecule has 0 saturated heterocycles. The molecule has 0 aromatic heterocycles. The third-order valence-corrected chi connectivity index (χ3v) is 5.86. The molecule has 0 aliphatic carbocycles. The molecular weight excluding hydrogens is 442 g/mol. The number of Topliss-reactive ketones (excluding diaryl/α,β-unsaturated/α-hetero) is 1. The van der Waals surface area contributed by atoms with Gasteiger partial charge >= 0.3 is 5.97 Å². The number of esters is 1. The summed E-state index contributed by atoms with van der Waals surface area (Å²) in [5.74, 6) is -0.807. The van der Waals surface area contributed by atoms with E-state index in [2.05, 4.69) is 12.2 Å². The molecule has 2 aromatic rings. The maximum absolute atomic E-state index is 12.5. The molecule has 0 fully saturated rings. The fraction of sp³-hybridized carbons (Fsp3) is 0.483. The Morgan fingerprint density at radius 1 is 0.771 bits per heavy atom. The molecule has 190 valence electrons. The first kappa shape index (κ1) is 28.1. The average molecular weight is 482 g/mol. The molecule has 35 heavy (non-hydrogen) atoms. The van der Waals surface area contributed by atoms with Crippen molar-refractivity contribution in [1.29, 1.82) is 0 Å². The van der Waals surface area contributed by atoms with E-state index in [4.69, 9.17) is 9.47 Å². The summed E-state index contributed by atoms with van der Waals surface area (Å²) in [6.45, 7) is 2.60. The lowest BCUT2D eigenvalue weighted by molar-refractivity contribution is -0.115. The first-order valence-corrected chi connectivity index (χ1v) is 12.8. The summed E-state index contributed by atoms with van der Waals surface area (Å²) < 4.78 is 10.7. The first-order chi connectivity index (χ1) is 17.0. The van der Waals surface area contributed by atoms with Crippen molar-refractivity contribution >= 4 is 23.3 Å². The minimum absolute atomic E-state index is 0.283. The molecule has 0 bridgehead atoms. The zero-order chi connectivity index (χ0) is 25.3. The van der Waals surface area contributed by atoms with E-state index in [1.807, 2.05) is 6.07 Å². The molecule has 0 radical (unpaired) electrons. The van der Waals surface area contributed by atoms with Crippen LogP contribution in [0.3, 0.4) is 0 Å². The minimum Gasteiger partial charge on any atom is -0.495 e. The smallest absolute Gasteiger partial charge is 0.338 e. The molecule has 2 aromatic carbocycles. The van der Waals surface area contributed by atoms with Crippen molar-refractivity contribution in [2.24, 2.45) is 0 Å². The summed E-state index contributed by atoms with van der Waals surface area (Å²) in [7, 11) is 1.48. The van der Waals surface area contributed by atoms with Gasteiger partial charge in [0.05, 0.1) is 31.4 Å². The van der Waals surface area contributed by atoms with Crippen LogP contribution in [-0.4, -0.2) is 31.4 Å². The van der Waals surface area contributed by atoms with Crippen LogP contribution in [0.1, 0.15) is 98.3 Å². The van der Waals surface area contributed by atoms with E-state index in [1.165, 1.54) is 58.1 Å². The fourth-order valence-electron chi connectivity index (χ4n) is 3.84. The quantitative estimate of drug-likeness (QED) is 0.114. The summed E-state index contributed by atoms with van der Waals surface area (Å²) in [4.78, 5) is 37.2. The van der Waals surface area contributed by atoms with Crippen LogP contribution in [0.15, 0.2) is 48.5 Å². The zero-order valence-corrected chi connectivity index (χ0v) is 21.1. The average Bonchev–Trinajstić information content (AvgIpc) is 2.87. The SMILES string of the molecule is CCCCCCCCCCCCOC(=O)c1ccc(OC)c(NC(=O)CC(=O)c2ccccc2)c1. The van der Waals surface area contributed by atoms with Gasteiger partial charge < -0.3 is 14.8 Å². The van der Waals surface area contributed by atoms with E-state index in [0.29, 0.717) is 29.2 Å². The van der Waals surface area contributed by atoms with Crippen LogP contribution in [0.2, 0.25) is 0 Å². The Morgan fingerprint density at radius 3 is 2.03 bits per heavy atom. The lowest BCUT2D eigenvalue weighted by Gasteiger charge is -2.12. The highest BCUT2D eigenvalue weighted by atomic mass is 16.5. The molecular formula is C29H39NO5. The summed E-state index contributed by atoms with van der Waals surface area (Å²) in [5, 5.41) is 2.68. The number of methoxy groups -OCH3 is 1. The van der Waals surface area contributed by atoms with Crippen LogP contribution in [0.5, 0.6) is 5.75 Å². The molecule has 0 spiro atoms. The Bertz CT molecular complexity index is 926. The maximum Gasteiger partial charge on any atom is 0.338 e. The highest BCUT2D eigenvalue weighted by molar-refractivity contribution is 6.11. The lowest BCUT2D eigenvalue weighted by Crippen LogP contribution is -2.17. The second-order valence-corrected chi connectivity index (χ2v) is 8.75. The molecule has 1 N–H and O–H groups in total. The lowest BCUT2D eigenvalue weighted by atomic mass is 10.1. The number of nitrogens with one attached hydrogen (secondary N) is 1. The van der Waals surface area contributed by atoms with E-state index >= 15 is 0 Å². The van der Waals surface area contributed by atoms with Crippen molar-refractivity contribution in [2.75, 3.05) is 19.0 Å². The molecule has 0 aliphatic heterocycles. The van der Waals surface area contributed by atoms with Crippen molar-refractivity contribution in [3.63, 3.8) is 0 Å². The number of hydrogen-bond acceptors (Lipinski definition) is 5. The molecule has 2 rings (SSSR count). The Labute approximate surface area is 209 Å². The van der Waals surface area contributed by atoms with Crippen LogP contribution in [0.25, 0.3) is 0 Å². The minimum atomic E-state index is -0.479. The molecule has 6 nitrogen and oxygen atoms in total. The number of ketones is 1. The Kier molecular flexibility index (Phi) is 13.2. The molecule has 6 heteroatoms. The van der Waals surface area contributed by atoms with Gasteiger partial charge in [-0.05, 0) is 24.6 Å². The van der Waals surface area contributed by atoms with Crippen LogP contribution in [0, 0.1) is 0 Å². The van der Waals surface area contributed by atoms with E-state index in [9.17, 15) is 14.4 Å². The molecule has 1 amide bonds. The Balaban J connectivity index is 1.75. The summed E-state index contributed by atoms with van der Waals surface area (Å²) in [5.41, 5.74) is 1.12. The number of carbonyl (C=O) groups excluding carboxylic acids is 3. The van der Waals surface area contributed by atoms with Gasteiger partial charge in [0, 0.05) is 5.56 Å². The second kappa shape index (κ2) is 16.5. The predicted octanol–water partition coefficient (Wildman–Crippen LogP) is 6.98. The van der Waals surface area contributed by atoms with Crippen molar-refractivity contribution in [3.8, 4) is 5.75 Å². The zero-order valence-electron chi connectivity index (χ0n) is 21.1. The van der Waals surface area contributed by atoms with Gasteiger partial charge in [-0.25, -0.2) is 4.79 Å². The van der Waals surface area contributed by atoms with Crippen molar-refractivity contribution in [1.82, 2.24) is 0 Å². The maximum atomic E-state index is 12.5. The van der Waals surface area contributed by atoms with Gasteiger partial charge in [0.25, 0.3) is 0 Å². The number of hydrogen-bond donors (Lipinski definition) is 1. The molecule has 0 heterocycles. The van der Waals surface area contributed by atoms with Crippen molar-refractivity contribution in [2.45, 2.75) is 77.6 Å². The monoisotopic (exact) mass is 481 g/mol. The topological polar surface area (TPSA) is 81.7 Å². The fourth-order valence-corrected chi connectivity index (χ4v) is 3.84. The molecule has 0 aliphatic rings. The van der Waals surface area contributed by atoms with Gasteiger partial charge in [-0.2, -0.15) is 0 Å². The van der Waals surface area contributed by atoms with Gasteiger partial charge in [-0.1, -0.05) is 95.0 Å². The molecule has 0 saturated carbocycles. The number of amides is 1. The van der Waals surface area contributed by atoms with Gasteiger partial charge in [-0.15, -0.1) is 0 Å². The van der Waals surface area contributed by atoms with Crippen molar-refractivity contribution < 1.29 is 23.9 Å². The molecule has 0 atom stereocenters. The normalized spacial score (nSPS) is 10.6. The van der Waals surface area contributed by atoms with E-state index in [0.717, 1.165) is 19.3 Å². The molecule has 0 unspecified atom stereocenters. The highest BCUT2D eigenvalue weighted by Crippen LogP contribution is 2.26. The van der Waals surface area contributed by atoms with E-state index in [1.54, 1.807) is 36.4 Å². The third kappa shape index (κ3) is 10.8. The van der Waals surface area contributed by atoms with Crippen LogP contribution in [-0.2, 0) is 9.53 Å². The van der Waals surface area contributed by atoms with Gasteiger partial charge in [0.1, 0.15) is 5.75 Å². The summed E-state index contributed by atoms with van der Waals surface area (Å²) in [6.07, 6.45) is 11.8.